The summed E-state index contributed by atoms with van der Waals surface area (Å²) in [6.07, 6.45) is 1.93. The molecule has 1 atom stereocenters. The van der Waals surface area contributed by atoms with Gasteiger partial charge < -0.3 is 0 Å². The van der Waals surface area contributed by atoms with Gasteiger partial charge in [-0.2, -0.15) is 17.0 Å². The van der Waals surface area contributed by atoms with Crippen molar-refractivity contribution in [3.8, 4) is 6.07 Å². The molecule has 0 amide bonds. The number of nitriles is 1. The fourth-order valence-corrected chi connectivity index (χ4v) is 3.79. The van der Waals surface area contributed by atoms with Crippen LogP contribution in [0.3, 0.4) is 0 Å². The highest BCUT2D eigenvalue weighted by Gasteiger charge is 2.19. The van der Waals surface area contributed by atoms with Gasteiger partial charge >= 0.3 is 0 Å². The minimum absolute atomic E-state index is 0.125. The first-order valence-corrected chi connectivity index (χ1v) is 8.30. The summed E-state index contributed by atoms with van der Waals surface area (Å²) >= 11 is 1.59. The summed E-state index contributed by atoms with van der Waals surface area (Å²) in [5.74, 6) is 0.717. The zero-order valence-electron chi connectivity index (χ0n) is 10.6. The Hall–Kier alpha value is -1.03. The van der Waals surface area contributed by atoms with Crippen LogP contribution in [0.25, 0.3) is 0 Å². The molecule has 0 saturated heterocycles. The van der Waals surface area contributed by atoms with Gasteiger partial charge in [-0.25, -0.2) is 13.1 Å². The number of aryl methyl sites for hydroxylation is 1. The van der Waals surface area contributed by atoms with Crippen molar-refractivity contribution in [2.75, 3.05) is 12.0 Å². The molecule has 0 spiro atoms. The fraction of sp³-hybridized carbons (Fsp3) is 0.417. The maximum atomic E-state index is 12.1. The van der Waals surface area contributed by atoms with E-state index in [2.05, 4.69) is 4.72 Å². The van der Waals surface area contributed by atoms with Crippen LogP contribution in [0.15, 0.2) is 23.1 Å². The van der Waals surface area contributed by atoms with Crippen LogP contribution in [0.5, 0.6) is 0 Å². The second kappa shape index (κ2) is 6.23. The summed E-state index contributed by atoms with van der Waals surface area (Å²) in [5, 5.41) is 8.75. The smallest absolute Gasteiger partial charge is 0.208 e. The van der Waals surface area contributed by atoms with Gasteiger partial charge in [0.1, 0.15) is 0 Å². The standard InChI is InChI=1S/C12H16N2O2S2/c1-9-6-11(7-13)4-5-12(9)18(15,16)14-10(2)8-17-3/h4-6,10,14H,8H2,1-3H3/t10-/m1/s1. The van der Waals surface area contributed by atoms with Gasteiger partial charge in [-0.3, -0.25) is 0 Å². The molecule has 6 heteroatoms. The summed E-state index contributed by atoms with van der Waals surface area (Å²) in [4.78, 5) is 0.231. The van der Waals surface area contributed by atoms with Gasteiger partial charge in [0.15, 0.2) is 0 Å². The normalized spacial score (nSPS) is 13.0. The zero-order valence-corrected chi connectivity index (χ0v) is 12.2. The van der Waals surface area contributed by atoms with Gasteiger partial charge in [0, 0.05) is 11.8 Å². The number of hydrogen-bond acceptors (Lipinski definition) is 4. The van der Waals surface area contributed by atoms with Crippen molar-refractivity contribution < 1.29 is 8.42 Å². The molecule has 0 saturated carbocycles. The molecule has 0 aliphatic carbocycles. The quantitative estimate of drug-likeness (QED) is 0.896. The van der Waals surface area contributed by atoms with Crippen molar-refractivity contribution in [2.24, 2.45) is 0 Å². The molecule has 1 aromatic rings. The minimum atomic E-state index is -3.51. The van der Waals surface area contributed by atoms with E-state index in [0.717, 1.165) is 0 Å². The third kappa shape index (κ3) is 3.73. The van der Waals surface area contributed by atoms with Crippen LogP contribution in [-0.2, 0) is 10.0 Å². The molecule has 0 bridgehead atoms. The molecule has 1 N–H and O–H groups in total. The lowest BCUT2D eigenvalue weighted by Gasteiger charge is -2.14. The molecule has 18 heavy (non-hydrogen) atoms. The molecule has 4 nitrogen and oxygen atoms in total. The molecule has 98 valence electrons. The lowest BCUT2D eigenvalue weighted by Crippen LogP contribution is -2.34. The highest BCUT2D eigenvalue weighted by atomic mass is 32.2. The minimum Gasteiger partial charge on any atom is -0.208 e. The van der Waals surface area contributed by atoms with E-state index in [1.54, 1.807) is 24.8 Å². The van der Waals surface area contributed by atoms with Crippen LogP contribution in [0.4, 0.5) is 0 Å². The Bertz CT molecular complexity index is 562. The van der Waals surface area contributed by atoms with Crippen LogP contribution >= 0.6 is 11.8 Å². The van der Waals surface area contributed by atoms with E-state index in [9.17, 15) is 8.42 Å². The third-order valence-electron chi connectivity index (χ3n) is 2.37. The molecule has 0 fully saturated rings. The van der Waals surface area contributed by atoms with E-state index < -0.39 is 10.0 Å². The topological polar surface area (TPSA) is 70.0 Å². The van der Waals surface area contributed by atoms with Crippen LogP contribution in [-0.4, -0.2) is 26.5 Å². The summed E-state index contributed by atoms with van der Waals surface area (Å²) in [6, 6.07) is 6.43. The van der Waals surface area contributed by atoms with Crippen molar-refractivity contribution in [1.29, 1.82) is 5.26 Å². The summed E-state index contributed by atoms with van der Waals surface area (Å²) in [6.45, 7) is 3.52. The van der Waals surface area contributed by atoms with Gasteiger partial charge in [-0.05, 0) is 43.9 Å². The van der Waals surface area contributed by atoms with Gasteiger partial charge in [0.2, 0.25) is 10.0 Å². The SMILES string of the molecule is CSC[C@@H](C)NS(=O)(=O)c1ccc(C#N)cc1C. The Balaban J connectivity index is 3.03. The van der Waals surface area contributed by atoms with Crippen molar-refractivity contribution in [3.63, 3.8) is 0 Å². The third-order valence-corrected chi connectivity index (χ3v) is 4.95. The highest BCUT2D eigenvalue weighted by molar-refractivity contribution is 7.98. The van der Waals surface area contributed by atoms with Gasteiger partial charge in [-0.1, -0.05) is 0 Å². The molecule has 0 radical (unpaired) electrons. The summed E-state index contributed by atoms with van der Waals surface area (Å²) in [7, 11) is -3.51. The van der Waals surface area contributed by atoms with Crippen molar-refractivity contribution >= 4 is 21.8 Å². The number of rotatable bonds is 5. The maximum Gasteiger partial charge on any atom is 0.241 e. The second-order valence-electron chi connectivity index (χ2n) is 4.07. The van der Waals surface area contributed by atoms with E-state index in [1.807, 2.05) is 19.2 Å². The number of sulfonamides is 1. The van der Waals surface area contributed by atoms with Crippen molar-refractivity contribution in [2.45, 2.75) is 24.8 Å². The molecule has 0 unspecified atom stereocenters. The Morgan fingerprint density at radius 2 is 2.17 bits per heavy atom. The van der Waals surface area contributed by atoms with Gasteiger partial charge in [0.25, 0.3) is 0 Å². The Morgan fingerprint density at radius 1 is 1.50 bits per heavy atom. The molecule has 1 rings (SSSR count). The van der Waals surface area contributed by atoms with E-state index in [0.29, 0.717) is 16.9 Å². The summed E-state index contributed by atoms with van der Waals surface area (Å²) < 4.78 is 26.9. The van der Waals surface area contributed by atoms with Crippen LogP contribution in [0, 0.1) is 18.3 Å². The first kappa shape index (κ1) is 15.0. The number of thioether (sulfide) groups is 1. The first-order valence-electron chi connectivity index (χ1n) is 5.42. The van der Waals surface area contributed by atoms with E-state index in [1.165, 1.54) is 12.1 Å². The molecule has 1 aromatic carbocycles. The molecule has 0 aliphatic rings. The predicted molar refractivity (Wildman–Crippen MR) is 74.1 cm³/mol. The van der Waals surface area contributed by atoms with E-state index in [4.69, 9.17) is 5.26 Å². The van der Waals surface area contributed by atoms with Crippen LogP contribution < -0.4 is 4.72 Å². The maximum absolute atomic E-state index is 12.1. The van der Waals surface area contributed by atoms with Crippen molar-refractivity contribution in [3.05, 3.63) is 29.3 Å². The zero-order chi connectivity index (χ0) is 13.8. The lowest BCUT2D eigenvalue weighted by atomic mass is 10.2. The lowest BCUT2D eigenvalue weighted by molar-refractivity contribution is 0.570. The fourth-order valence-electron chi connectivity index (χ4n) is 1.63. The predicted octanol–water partition coefficient (Wildman–Crippen LogP) is 1.90. The Kier molecular flexibility index (Phi) is 5.20. The second-order valence-corrected chi connectivity index (χ2v) is 6.66. The van der Waals surface area contributed by atoms with E-state index >= 15 is 0 Å². The number of nitrogens with zero attached hydrogens (tertiary/aromatic N) is 1. The first-order chi connectivity index (χ1) is 8.40. The molecule has 0 heterocycles. The Morgan fingerprint density at radius 3 is 2.67 bits per heavy atom. The van der Waals surface area contributed by atoms with Crippen LogP contribution in [0.1, 0.15) is 18.1 Å². The van der Waals surface area contributed by atoms with Crippen LogP contribution in [0.2, 0.25) is 0 Å². The number of nitrogens with one attached hydrogen (secondary N) is 1. The summed E-state index contributed by atoms with van der Waals surface area (Å²) in [5.41, 5.74) is 1.04. The average molecular weight is 284 g/mol. The monoisotopic (exact) mass is 284 g/mol. The largest absolute Gasteiger partial charge is 0.241 e. The van der Waals surface area contributed by atoms with Gasteiger partial charge in [0.05, 0.1) is 16.5 Å². The number of hydrogen-bond donors (Lipinski definition) is 1. The van der Waals surface area contributed by atoms with Gasteiger partial charge in [-0.15, -0.1) is 0 Å². The Labute approximate surface area is 112 Å². The average Bonchev–Trinajstić information content (AvgIpc) is 2.27. The number of benzene rings is 1. The molecule has 0 aromatic heterocycles. The molecular weight excluding hydrogens is 268 g/mol. The molecule has 0 aliphatic heterocycles. The van der Waals surface area contributed by atoms with E-state index in [-0.39, 0.29) is 10.9 Å². The highest BCUT2D eigenvalue weighted by Crippen LogP contribution is 2.17. The molecular formula is C12H16N2O2S2. The van der Waals surface area contributed by atoms with Crippen molar-refractivity contribution in [1.82, 2.24) is 4.72 Å².